The van der Waals surface area contributed by atoms with Gasteiger partial charge in [-0.15, -0.1) is 0 Å². The lowest BCUT2D eigenvalue weighted by Crippen LogP contribution is -1.82. The molecule has 0 saturated carbocycles. The Morgan fingerprint density at radius 3 is 2.46 bits per heavy atom. The minimum Gasteiger partial charge on any atom is -0.290 e. The Morgan fingerprint density at radius 1 is 1.31 bits per heavy atom. The minimum atomic E-state index is -0.0689. The van der Waals surface area contributed by atoms with Crippen LogP contribution in [0.1, 0.15) is 11.1 Å². The minimum absolute atomic E-state index is 0.0689. The van der Waals surface area contributed by atoms with Crippen LogP contribution in [0.2, 0.25) is 0 Å². The van der Waals surface area contributed by atoms with E-state index >= 15 is 0 Å². The number of aryl methyl sites for hydroxylation is 1. The molecule has 0 amide bonds. The maximum absolute atomic E-state index is 10.8. The van der Waals surface area contributed by atoms with Crippen molar-refractivity contribution in [3.05, 3.63) is 54.1 Å². The van der Waals surface area contributed by atoms with Crippen molar-refractivity contribution in [3.8, 4) is 0 Å². The summed E-state index contributed by atoms with van der Waals surface area (Å²) in [4.78, 5) is 10.8. The van der Waals surface area contributed by atoms with Crippen molar-refractivity contribution >= 4 is 11.9 Å². The summed E-state index contributed by atoms with van der Waals surface area (Å²) in [6.45, 7) is 5.42. The number of rotatable bonds is 3. The molecule has 1 rings (SSSR count). The fraction of sp³-hybridized carbons (Fsp3) is 0.0833. The van der Waals surface area contributed by atoms with Gasteiger partial charge in [0.25, 0.3) is 0 Å². The van der Waals surface area contributed by atoms with E-state index in [0.717, 1.165) is 5.56 Å². The van der Waals surface area contributed by atoms with Crippen LogP contribution in [0.3, 0.4) is 0 Å². The summed E-state index contributed by atoms with van der Waals surface area (Å²) in [7, 11) is 0. The third-order valence-electron chi connectivity index (χ3n) is 1.72. The molecule has 0 atom stereocenters. The first-order valence-electron chi connectivity index (χ1n) is 4.13. The van der Waals surface area contributed by atoms with Gasteiger partial charge >= 0.3 is 0 Å². The SMILES string of the molecule is C=CC(=O)/C=C/c1ccc(C)cc1. The molecule has 0 saturated heterocycles. The van der Waals surface area contributed by atoms with Crippen LogP contribution in [-0.4, -0.2) is 5.78 Å². The third kappa shape index (κ3) is 3.08. The molecule has 1 aromatic carbocycles. The van der Waals surface area contributed by atoms with E-state index in [1.54, 1.807) is 6.08 Å². The van der Waals surface area contributed by atoms with E-state index in [9.17, 15) is 4.79 Å². The first kappa shape index (κ1) is 9.46. The van der Waals surface area contributed by atoms with Crippen molar-refractivity contribution in [2.75, 3.05) is 0 Å². The standard InChI is InChI=1S/C12H12O/c1-3-12(13)9-8-11-6-4-10(2)5-7-11/h3-9H,1H2,2H3/b9-8+. The van der Waals surface area contributed by atoms with Crippen LogP contribution >= 0.6 is 0 Å². The summed E-state index contributed by atoms with van der Waals surface area (Å²) in [6.07, 6.45) is 4.59. The lowest BCUT2D eigenvalue weighted by molar-refractivity contribution is -0.110. The van der Waals surface area contributed by atoms with Crippen LogP contribution in [0, 0.1) is 6.92 Å². The van der Waals surface area contributed by atoms with E-state index < -0.39 is 0 Å². The molecule has 13 heavy (non-hydrogen) atoms. The molecule has 0 aliphatic heterocycles. The zero-order valence-corrected chi connectivity index (χ0v) is 7.66. The van der Waals surface area contributed by atoms with Crippen molar-refractivity contribution in [2.24, 2.45) is 0 Å². The van der Waals surface area contributed by atoms with Crippen LogP contribution in [0.5, 0.6) is 0 Å². The molecule has 0 aliphatic carbocycles. The Labute approximate surface area is 78.4 Å². The molecule has 1 aromatic rings. The van der Waals surface area contributed by atoms with Crippen molar-refractivity contribution in [1.82, 2.24) is 0 Å². The van der Waals surface area contributed by atoms with E-state index in [1.165, 1.54) is 17.7 Å². The highest BCUT2D eigenvalue weighted by molar-refractivity contribution is 6.01. The molecule has 0 fully saturated rings. The predicted octanol–water partition coefficient (Wildman–Crippen LogP) is 2.76. The average Bonchev–Trinajstić information content (AvgIpc) is 2.16. The number of carbonyl (C=O) groups excluding carboxylic acids is 1. The van der Waals surface area contributed by atoms with Crippen LogP contribution in [0.15, 0.2) is 43.0 Å². The Balaban J connectivity index is 2.74. The number of hydrogen-bond acceptors (Lipinski definition) is 1. The molecular weight excluding hydrogens is 160 g/mol. The van der Waals surface area contributed by atoms with Gasteiger partial charge in [0.15, 0.2) is 5.78 Å². The molecule has 0 bridgehead atoms. The number of allylic oxidation sites excluding steroid dienone is 2. The molecule has 0 radical (unpaired) electrons. The van der Waals surface area contributed by atoms with E-state index in [4.69, 9.17) is 0 Å². The van der Waals surface area contributed by atoms with Gasteiger partial charge in [-0.05, 0) is 24.6 Å². The van der Waals surface area contributed by atoms with Crippen LogP contribution < -0.4 is 0 Å². The second-order valence-corrected chi connectivity index (χ2v) is 2.85. The summed E-state index contributed by atoms with van der Waals surface area (Å²) in [5.41, 5.74) is 2.24. The summed E-state index contributed by atoms with van der Waals surface area (Å²) in [6, 6.07) is 7.97. The molecule has 0 spiro atoms. The molecule has 1 nitrogen and oxygen atoms in total. The first-order chi connectivity index (χ1) is 6.22. The molecule has 0 aromatic heterocycles. The summed E-state index contributed by atoms with van der Waals surface area (Å²) < 4.78 is 0. The lowest BCUT2D eigenvalue weighted by Gasteiger charge is -1.93. The van der Waals surface area contributed by atoms with Crippen molar-refractivity contribution in [1.29, 1.82) is 0 Å². The Morgan fingerprint density at radius 2 is 1.92 bits per heavy atom. The van der Waals surface area contributed by atoms with Crippen molar-refractivity contribution in [3.63, 3.8) is 0 Å². The molecule has 66 valence electrons. The zero-order valence-electron chi connectivity index (χ0n) is 7.66. The molecule has 0 aliphatic rings. The number of ketones is 1. The smallest absolute Gasteiger partial charge is 0.178 e. The average molecular weight is 172 g/mol. The number of benzene rings is 1. The Kier molecular flexibility index (Phi) is 3.21. The predicted molar refractivity (Wildman–Crippen MR) is 55.4 cm³/mol. The van der Waals surface area contributed by atoms with Gasteiger partial charge in [-0.3, -0.25) is 4.79 Å². The summed E-state index contributed by atoms with van der Waals surface area (Å²) in [5, 5.41) is 0. The van der Waals surface area contributed by atoms with E-state index in [1.807, 2.05) is 31.2 Å². The number of carbonyl (C=O) groups is 1. The molecular formula is C12H12O. The van der Waals surface area contributed by atoms with Gasteiger partial charge in [-0.1, -0.05) is 42.5 Å². The number of hydrogen-bond donors (Lipinski definition) is 0. The second kappa shape index (κ2) is 4.41. The topological polar surface area (TPSA) is 17.1 Å². The molecule has 0 heterocycles. The fourth-order valence-electron chi connectivity index (χ4n) is 0.924. The van der Waals surface area contributed by atoms with Gasteiger partial charge in [0.2, 0.25) is 0 Å². The van der Waals surface area contributed by atoms with E-state index in [0.29, 0.717) is 0 Å². The molecule has 0 unspecified atom stereocenters. The first-order valence-corrected chi connectivity index (χ1v) is 4.13. The van der Waals surface area contributed by atoms with Gasteiger partial charge < -0.3 is 0 Å². The van der Waals surface area contributed by atoms with Crippen LogP contribution in [0.25, 0.3) is 6.08 Å². The van der Waals surface area contributed by atoms with E-state index in [-0.39, 0.29) is 5.78 Å². The molecule has 0 N–H and O–H groups in total. The van der Waals surface area contributed by atoms with Gasteiger partial charge in [-0.2, -0.15) is 0 Å². The Bertz CT molecular complexity index is 331. The highest BCUT2D eigenvalue weighted by Gasteiger charge is 1.88. The largest absolute Gasteiger partial charge is 0.290 e. The monoisotopic (exact) mass is 172 g/mol. The lowest BCUT2D eigenvalue weighted by atomic mass is 10.1. The van der Waals surface area contributed by atoms with Gasteiger partial charge in [0.05, 0.1) is 0 Å². The van der Waals surface area contributed by atoms with Gasteiger partial charge in [0.1, 0.15) is 0 Å². The quantitative estimate of drug-likeness (QED) is 0.641. The Hall–Kier alpha value is -1.63. The zero-order chi connectivity index (χ0) is 9.68. The van der Waals surface area contributed by atoms with Crippen LogP contribution in [0.4, 0.5) is 0 Å². The highest BCUT2D eigenvalue weighted by Crippen LogP contribution is 2.04. The third-order valence-corrected chi connectivity index (χ3v) is 1.72. The normalized spacial score (nSPS) is 10.2. The molecule has 1 heteroatoms. The van der Waals surface area contributed by atoms with E-state index in [2.05, 4.69) is 6.58 Å². The maximum atomic E-state index is 10.8. The van der Waals surface area contributed by atoms with Crippen LogP contribution in [-0.2, 0) is 4.79 Å². The van der Waals surface area contributed by atoms with Crippen molar-refractivity contribution in [2.45, 2.75) is 6.92 Å². The highest BCUT2D eigenvalue weighted by atomic mass is 16.1. The summed E-state index contributed by atoms with van der Waals surface area (Å²) >= 11 is 0. The fourth-order valence-corrected chi connectivity index (χ4v) is 0.924. The van der Waals surface area contributed by atoms with Crippen molar-refractivity contribution < 1.29 is 4.79 Å². The van der Waals surface area contributed by atoms with Gasteiger partial charge in [-0.25, -0.2) is 0 Å². The van der Waals surface area contributed by atoms with Gasteiger partial charge in [0, 0.05) is 0 Å². The summed E-state index contributed by atoms with van der Waals surface area (Å²) in [5.74, 6) is -0.0689. The second-order valence-electron chi connectivity index (χ2n) is 2.85. The maximum Gasteiger partial charge on any atom is 0.178 e.